The van der Waals surface area contributed by atoms with E-state index in [4.69, 9.17) is 4.74 Å². The number of hydrogen-bond donors (Lipinski definition) is 0. The van der Waals surface area contributed by atoms with E-state index in [1.807, 2.05) is 0 Å². The van der Waals surface area contributed by atoms with Crippen molar-refractivity contribution in [2.75, 3.05) is 18.2 Å². The number of ether oxygens (including phenoxy) is 1. The first kappa shape index (κ1) is 14.5. The smallest absolute Gasteiger partial charge is 0.178 e. The lowest BCUT2D eigenvalue weighted by Gasteiger charge is -2.09. The van der Waals surface area contributed by atoms with E-state index in [1.165, 1.54) is 0 Å². The lowest BCUT2D eigenvalue weighted by atomic mass is 10.2. The zero-order valence-corrected chi connectivity index (χ0v) is 12.5. The molecule has 1 aromatic carbocycles. The van der Waals surface area contributed by atoms with Gasteiger partial charge in [-0.3, -0.25) is 0 Å². The summed E-state index contributed by atoms with van der Waals surface area (Å²) in [4.78, 5) is 0.410. The van der Waals surface area contributed by atoms with Gasteiger partial charge in [0, 0.05) is 5.33 Å². The van der Waals surface area contributed by atoms with Gasteiger partial charge >= 0.3 is 0 Å². The lowest BCUT2D eigenvalue weighted by molar-refractivity contribution is 0.414. The monoisotopic (exact) mass is 320 g/mol. The lowest BCUT2D eigenvalue weighted by Crippen LogP contribution is -2.08. The molecule has 0 aliphatic carbocycles. The quantitative estimate of drug-likeness (QED) is 0.598. The van der Waals surface area contributed by atoms with Crippen LogP contribution in [0, 0.1) is 6.92 Å². The Morgan fingerprint density at radius 1 is 1.29 bits per heavy atom. The van der Waals surface area contributed by atoms with Crippen LogP contribution in [0.2, 0.25) is 0 Å². The SMILES string of the molecule is COc1ccc(S(=O)(=O)CCCCBr)c(C)c1. The Morgan fingerprint density at radius 3 is 2.53 bits per heavy atom. The molecule has 0 aliphatic heterocycles. The highest BCUT2D eigenvalue weighted by Crippen LogP contribution is 2.22. The molecule has 0 heterocycles. The van der Waals surface area contributed by atoms with Gasteiger partial charge in [-0.15, -0.1) is 0 Å². The average molecular weight is 321 g/mol. The third-order valence-corrected chi connectivity index (χ3v) is 5.03. The largest absolute Gasteiger partial charge is 0.497 e. The summed E-state index contributed by atoms with van der Waals surface area (Å²) in [5, 5.41) is 0.837. The van der Waals surface area contributed by atoms with E-state index in [1.54, 1.807) is 32.2 Å². The highest BCUT2D eigenvalue weighted by Gasteiger charge is 2.16. The van der Waals surface area contributed by atoms with Gasteiger partial charge in [-0.05, 0) is 43.5 Å². The second-order valence-corrected chi connectivity index (χ2v) is 6.72. The summed E-state index contributed by atoms with van der Waals surface area (Å²) < 4.78 is 29.2. The topological polar surface area (TPSA) is 43.4 Å². The van der Waals surface area contributed by atoms with E-state index in [-0.39, 0.29) is 5.75 Å². The third-order valence-electron chi connectivity index (χ3n) is 2.51. The van der Waals surface area contributed by atoms with Crippen LogP contribution in [0.1, 0.15) is 18.4 Å². The molecule has 0 amide bonds. The molecule has 1 rings (SSSR count). The molecule has 0 N–H and O–H groups in total. The molecule has 0 saturated carbocycles. The van der Waals surface area contributed by atoms with Crippen LogP contribution >= 0.6 is 15.9 Å². The minimum Gasteiger partial charge on any atom is -0.497 e. The number of alkyl halides is 1. The Hall–Kier alpha value is -0.550. The fraction of sp³-hybridized carbons (Fsp3) is 0.500. The Bertz CT molecular complexity index is 469. The normalized spacial score (nSPS) is 11.5. The van der Waals surface area contributed by atoms with Gasteiger partial charge in [-0.1, -0.05) is 15.9 Å². The molecule has 0 radical (unpaired) electrons. The van der Waals surface area contributed by atoms with Gasteiger partial charge in [0.25, 0.3) is 0 Å². The van der Waals surface area contributed by atoms with Gasteiger partial charge in [0.15, 0.2) is 9.84 Å². The first-order chi connectivity index (χ1) is 8.01. The van der Waals surface area contributed by atoms with E-state index in [0.717, 1.165) is 17.3 Å². The highest BCUT2D eigenvalue weighted by atomic mass is 79.9. The summed E-state index contributed by atoms with van der Waals surface area (Å²) in [5.41, 5.74) is 0.739. The number of methoxy groups -OCH3 is 1. The van der Waals surface area contributed by atoms with Crippen molar-refractivity contribution in [3.05, 3.63) is 23.8 Å². The molecule has 0 fully saturated rings. The van der Waals surface area contributed by atoms with Gasteiger partial charge in [-0.2, -0.15) is 0 Å². The highest BCUT2D eigenvalue weighted by molar-refractivity contribution is 9.09. The summed E-state index contributed by atoms with van der Waals surface area (Å²) in [7, 11) is -1.60. The molecule has 0 atom stereocenters. The maximum atomic E-state index is 12.1. The Labute approximate surface area is 111 Å². The van der Waals surface area contributed by atoms with Crippen molar-refractivity contribution in [3.63, 3.8) is 0 Å². The van der Waals surface area contributed by atoms with E-state index in [9.17, 15) is 8.42 Å². The number of rotatable bonds is 6. The predicted molar refractivity (Wildman–Crippen MR) is 72.8 cm³/mol. The van der Waals surface area contributed by atoms with Crippen molar-refractivity contribution in [3.8, 4) is 5.75 Å². The molecular weight excluding hydrogens is 304 g/mol. The maximum absolute atomic E-state index is 12.1. The van der Waals surface area contributed by atoms with Crippen LogP contribution in [-0.2, 0) is 9.84 Å². The van der Waals surface area contributed by atoms with Crippen LogP contribution in [0.4, 0.5) is 0 Å². The summed E-state index contributed by atoms with van der Waals surface area (Å²) >= 11 is 3.30. The van der Waals surface area contributed by atoms with Crippen molar-refractivity contribution < 1.29 is 13.2 Å². The Kier molecular flexibility index (Phi) is 5.46. The van der Waals surface area contributed by atoms with E-state index in [2.05, 4.69) is 15.9 Å². The van der Waals surface area contributed by atoms with E-state index < -0.39 is 9.84 Å². The minimum atomic E-state index is -3.16. The van der Waals surface area contributed by atoms with Crippen molar-refractivity contribution in [2.45, 2.75) is 24.7 Å². The summed E-state index contributed by atoms with van der Waals surface area (Å²) in [5.74, 6) is 0.882. The number of sulfone groups is 1. The summed E-state index contributed by atoms with van der Waals surface area (Å²) in [6, 6.07) is 5.05. The number of unbranched alkanes of at least 4 members (excludes halogenated alkanes) is 1. The molecule has 0 spiro atoms. The Balaban J connectivity index is 2.91. The first-order valence-electron chi connectivity index (χ1n) is 5.44. The molecule has 0 unspecified atom stereocenters. The molecule has 0 bridgehead atoms. The number of aryl methyl sites for hydroxylation is 1. The van der Waals surface area contributed by atoms with Crippen LogP contribution in [0.5, 0.6) is 5.75 Å². The summed E-state index contributed by atoms with van der Waals surface area (Å²) in [6.45, 7) is 1.79. The second-order valence-electron chi connectivity index (χ2n) is 3.85. The first-order valence-corrected chi connectivity index (χ1v) is 8.22. The molecular formula is C12H17BrO3S. The van der Waals surface area contributed by atoms with Crippen LogP contribution in [-0.4, -0.2) is 26.6 Å². The molecule has 5 heteroatoms. The molecule has 3 nitrogen and oxygen atoms in total. The standard InChI is InChI=1S/C12H17BrO3S/c1-10-9-11(16-2)5-6-12(10)17(14,15)8-4-3-7-13/h5-6,9H,3-4,7-8H2,1-2H3. The zero-order chi connectivity index (χ0) is 12.9. The molecule has 1 aromatic rings. The minimum absolute atomic E-state index is 0.200. The fourth-order valence-corrected chi connectivity index (χ4v) is 3.62. The van der Waals surface area contributed by atoms with Gasteiger partial charge in [-0.25, -0.2) is 8.42 Å². The van der Waals surface area contributed by atoms with Crippen LogP contribution in [0.15, 0.2) is 23.1 Å². The van der Waals surface area contributed by atoms with Gasteiger partial charge in [0.05, 0.1) is 17.8 Å². The molecule has 17 heavy (non-hydrogen) atoms. The Morgan fingerprint density at radius 2 is 2.00 bits per heavy atom. The second kappa shape index (κ2) is 6.40. The van der Waals surface area contributed by atoms with Gasteiger partial charge in [0.2, 0.25) is 0 Å². The van der Waals surface area contributed by atoms with E-state index in [0.29, 0.717) is 17.1 Å². The van der Waals surface area contributed by atoms with Crippen LogP contribution in [0.3, 0.4) is 0 Å². The maximum Gasteiger partial charge on any atom is 0.178 e. The summed E-state index contributed by atoms with van der Waals surface area (Å²) in [6.07, 6.45) is 1.55. The van der Waals surface area contributed by atoms with Crippen molar-refractivity contribution in [1.29, 1.82) is 0 Å². The molecule has 96 valence electrons. The van der Waals surface area contributed by atoms with Crippen molar-refractivity contribution >= 4 is 25.8 Å². The predicted octanol–water partition coefficient (Wildman–Crippen LogP) is 2.95. The molecule has 0 aromatic heterocycles. The van der Waals surface area contributed by atoms with Gasteiger partial charge < -0.3 is 4.74 Å². The number of hydrogen-bond acceptors (Lipinski definition) is 3. The molecule has 0 saturated heterocycles. The third kappa shape index (κ3) is 4.00. The van der Waals surface area contributed by atoms with Gasteiger partial charge in [0.1, 0.15) is 5.75 Å². The van der Waals surface area contributed by atoms with E-state index >= 15 is 0 Å². The fourth-order valence-electron chi connectivity index (χ4n) is 1.59. The van der Waals surface area contributed by atoms with Crippen LogP contribution < -0.4 is 4.74 Å². The number of halogens is 1. The average Bonchev–Trinajstić information content (AvgIpc) is 2.28. The van der Waals surface area contributed by atoms with Crippen molar-refractivity contribution in [2.24, 2.45) is 0 Å². The van der Waals surface area contributed by atoms with Crippen LogP contribution in [0.25, 0.3) is 0 Å². The zero-order valence-electron chi connectivity index (χ0n) is 10.1. The molecule has 0 aliphatic rings. The number of benzene rings is 1. The van der Waals surface area contributed by atoms with Crippen molar-refractivity contribution in [1.82, 2.24) is 0 Å².